The topological polar surface area (TPSA) is 19.0 Å². The van der Waals surface area contributed by atoms with E-state index in [-0.39, 0.29) is 28.4 Å². The minimum Gasteiger partial charge on any atom is -0.453 e. The Morgan fingerprint density at radius 1 is 0.424 bits per heavy atom. The molecule has 0 radical (unpaired) electrons. The standard InChI is InChI=1S/C78H68BN3OS2/c1-75(2,3)50-29-32-52(33-30-50)81-63-23-18-24-64-70(63)79(74-71(81)57-43-48(28-40-69(57)85-74)49-27-36-58-59(44-49)78(9,10)42-41-77(58,7)8)60-37-34-53-46-65(60)82(64)72-67(39-35-55-54-21-14-17-26-68(54)84-73(55)72)83-66-25-16-15-22-62(66)80(53)61-38-31-51(76(4,5)6)45-56(61)47-19-12-11-13-20-47/h11-40,43-46H,41-42H2,1-10H3. The van der Waals surface area contributed by atoms with E-state index in [4.69, 9.17) is 4.74 Å². The predicted octanol–water partition coefficient (Wildman–Crippen LogP) is 21.2. The SMILES string of the molecule is CC(C)(C)c1ccc(N2c3cccc4c3B(c3ccc5cc3N4c3c(ccc4c3sc3ccccc34)Oc3ccccc3N5c3ccc(C(C)(C)C)cc3-c3ccccc3)c3sc4ccc(-c5ccc6c(c5)C(C)(C)CCC6(C)C)cc4c32)cc1. The fraction of sp³-hybridized carbons (Fsp3) is 0.205. The van der Waals surface area contributed by atoms with Crippen molar-refractivity contribution in [1.29, 1.82) is 0 Å². The van der Waals surface area contributed by atoms with E-state index in [2.05, 4.69) is 290 Å². The van der Waals surface area contributed by atoms with E-state index in [1.165, 1.54) is 104 Å². The number of rotatable bonds is 4. The van der Waals surface area contributed by atoms with Gasteiger partial charge in [-0.3, -0.25) is 0 Å². The van der Waals surface area contributed by atoms with Crippen LogP contribution in [0.25, 0.3) is 52.5 Å². The Morgan fingerprint density at radius 3 is 1.87 bits per heavy atom. The highest BCUT2D eigenvalue weighted by atomic mass is 32.1. The summed E-state index contributed by atoms with van der Waals surface area (Å²) in [7, 11) is 0. The van der Waals surface area contributed by atoms with Gasteiger partial charge in [0.2, 0.25) is 0 Å². The number of hydrogen-bond donors (Lipinski definition) is 0. The van der Waals surface area contributed by atoms with Crippen molar-refractivity contribution in [3.63, 3.8) is 0 Å². The Morgan fingerprint density at radius 2 is 1.08 bits per heavy atom. The fourth-order valence-corrected chi connectivity index (χ4v) is 17.0. The summed E-state index contributed by atoms with van der Waals surface area (Å²) in [6, 6.07) is 78.5. The smallest absolute Gasteiger partial charge is 0.264 e. The lowest BCUT2D eigenvalue weighted by Crippen LogP contribution is -2.60. The van der Waals surface area contributed by atoms with Crippen LogP contribution in [-0.4, -0.2) is 6.71 Å². The number of ether oxygens (including phenoxy) is 1. The first-order chi connectivity index (χ1) is 40.9. The van der Waals surface area contributed by atoms with Gasteiger partial charge in [-0.25, -0.2) is 0 Å². The van der Waals surface area contributed by atoms with Gasteiger partial charge in [-0.05, 0) is 175 Å². The summed E-state index contributed by atoms with van der Waals surface area (Å²) in [6.07, 6.45) is 2.37. The third-order valence-corrected chi connectivity index (χ3v) is 21.6. The lowest BCUT2D eigenvalue weighted by molar-refractivity contribution is 0.332. The van der Waals surface area contributed by atoms with E-state index in [1.54, 1.807) is 0 Å². The van der Waals surface area contributed by atoms with Gasteiger partial charge in [0.05, 0.1) is 21.8 Å². The van der Waals surface area contributed by atoms with Gasteiger partial charge in [0.25, 0.3) is 6.71 Å². The molecule has 0 saturated heterocycles. The van der Waals surface area contributed by atoms with Gasteiger partial charge in [-0.15, -0.1) is 22.7 Å². The van der Waals surface area contributed by atoms with Crippen LogP contribution in [0.4, 0.5) is 51.2 Å². The average molecular weight is 1140 g/mol. The number of thiophene rings is 2. The van der Waals surface area contributed by atoms with Crippen LogP contribution in [0.15, 0.2) is 206 Å². The van der Waals surface area contributed by atoms with Crippen molar-refractivity contribution < 1.29 is 4.74 Å². The summed E-state index contributed by atoms with van der Waals surface area (Å²) < 4.78 is 12.7. The fourth-order valence-electron chi connectivity index (χ4n) is 14.5. The van der Waals surface area contributed by atoms with E-state index in [9.17, 15) is 0 Å². The lowest BCUT2D eigenvalue weighted by Gasteiger charge is -2.44. The largest absolute Gasteiger partial charge is 0.453 e. The Kier molecular flexibility index (Phi) is 11.4. The molecule has 0 spiro atoms. The van der Waals surface area contributed by atoms with E-state index >= 15 is 0 Å². The zero-order chi connectivity index (χ0) is 58.1. The van der Waals surface area contributed by atoms with Crippen molar-refractivity contribution in [3.8, 4) is 33.8 Å². The van der Waals surface area contributed by atoms with Crippen LogP contribution in [0, 0.1) is 0 Å². The molecule has 10 aromatic carbocycles. The monoisotopic (exact) mass is 1140 g/mol. The number of nitrogens with zero attached hydrogens (tertiary/aromatic N) is 3. The summed E-state index contributed by atoms with van der Waals surface area (Å²) in [6.45, 7) is 23.5. The lowest BCUT2D eigenvalue weighted by atomic mass is 9.36. The van der Waals surface area contributed by atoms with Gasteiger partial charge in [0, 0.05) is 64.3 Å². The van der Waals surface area contributed by atoms with Crippen molar-refractivity contribution in [2.24, 2.45) is 0 Å². The number of benzene rings is 10. The Hall–Kier alpha value is -8.36. The molecule has 0 saturated carbocycles. The summed E-state index contributed by atoms with van der Waals surface area (Å²) in [5.74, 6) is 1.59. The van der Waals surface area contributed by atoms with E-state index in [1.807, 2.05) is 22.7 Å². The van der Waals surface area contributed by atoms with Crippen LogP contribution >= 0.6 is 22.7 Å². The molecule has 0 fully saturated rings. The van der Waals surface area contributed by atoms with Gasteiger partial charge in [-0.2, -0.15) is 0 Å². The second-order valence-electron chi connectivity index (χ2n) is 27.5. The molecule has 0 N–H and O–H groups in total. The van der Waals surface area contributed by atoms with Crippen molar-refractivity contribution in [2.75, 3.05) is 14.7 Å². The highest BCUT2D eigenvalue weighted by Gasteiger charge is 2.47. The molecule has 0 unspecified atom stereocenters. The molecule has 5 heterocycles. The molecule has 1 aliphatic carbocycles. The summed E-state index contributed by atoms with van der Waals surface area (Å²) in [5, 5.41) is 3.75. The molecule has 16 rings (SSSR count). The van der Waals surface area contributed by atoms with Gasteiger partial charge < -0.3 is 19.4 Å². The zero-order valence-electron chi connectivity index (χ0n) is 50.2. The predicted molar refractivity (Wildman–Crippen MR) is 367 cm³/mol. The van der Waals surface area contributed by atoms with Crippen LogP contribution in [0.2, 0.25) is 0 Å². The summed E-state index contributed by atoms with van der Waals surface area (Å²) in [4.78, 5) is 7.65. The Balaban J connectivity index is 0.988. The molecule has 4 nitrogen and oxygen atoms in total. The minimum atomic E-state index is -0.0835. The highest BCUT2D eigenvalue weighted by Crippen LogP contribution is 2.57. The quantitative estimate of drug-likeness (QED) is 0.164. The van der Waals surface area contributed by atoms with Crippen molar-refractivity contribution in [3.05, 3.63) is 229 Å². The molecule has 12 aromatic rings. The molecule has 85 heavy (non-hydrogen) atoms. The first kappa shape index (κ1) is 52.2. The number of fused-ring (bicyclic) bond motifs is 15. The molecular formula is C78H68BN3OS2. The molecule has 416 valence electrons. The average Bonchev–Trinajstić information content (AvgIpc) is 1.70. The first-order valence-corrected chi connectivity index (χ1v) is 31.9. The minimum absolute atomic E-state index is 0.000644. The molecule has 4 aliphatic rings. The maximum absolute atomic E-state index is 7.63. The summed E-state index contributed by atoms with van der Waals surface area (Å²) in [5.41, 5.74) is 23.2. The molecular weight excluding hydrogens is 1070 g/mol. The molecule has 2 aromatic heterocycles. The van der Waals surface area contributed by atoms with Crippen molar-refractivity contribution >= 4 is 127 Å². The van der Waals surface area contributed by atoms with Crippen LogP contribution in [0.5, 0.6) is 11.5 Å². The number of para-hydroxylation sites is 2. The molecule has 0 atom stereocenters. The van der Waals surface area contributed by atoms with Crippen molar-refractivity contribution in [2.45, 2.75) is 104 Å². The molecule has 2 bridgehead atoms. The normalized spacial score (nSPS) is 15.5. The maximum atomic E-state index is 7.63. The first-order valence-electron chi connectivity index (χ1n) is 30.3. The molecule has 3 aliphatic heterocycles. The van der Waals surface area contributed by atoms with E-state index in [0.29, 0.717) is 0 Å². The van der Waals surface area contributed by atoms with Crippen LogP contribution in [0.3, 0.4) is 0 Å². The van der Waals surface area contributed by atoms with E-state index in [0.717, 1.165) is 62.4 Å². The van der Waals surface area contributed by atoms with Gasteiger partial charge in [0.15, 0.2) is 11.5 Å². The Bertz CT molecular complexity index is 4750. The van der Waals surface area contributed by atoms with Crippen LogP contribution < -0.4 is 35.1 Å². The number of hydrogen-bond acceptors (Lipinski definition) is 6. The summed E-state index contributed by atoms with van der Waals surface area (Å²) >= 11 is 3.82. The van der Waals surface area contributed by atoms with Crippen molar-refractivity contribution in [1.82, 2.24) is 0 Å². The molecule has 7 heteroatoms. The number of anilines is 9. The van der Waals surface area contributed by atoms with Crippen LogP contribution in [-0.2, 0) is 21.7 Å². The zero-order valence-corrected chi connectivity index (χ0v) is 51.8. The molecule has 0 amide bonds. The maximum Gasteiger partial charge on any atom is 0.264 e. The Labute approximate surface area is 508 Å². The second-order valence-corrected chi connectivity index (χ2v) is 29.7. The van der Waals surface area contributed by atoms with Gasteiger partial charge in [-0.1, -0.05) is 184 Å². The second kappa shape index (κ2) is 18.6. The van der Waals surface area contributed by atoms with Crippen LogP contribution in [0.1, 0.15) is 104 Å². The third kappa shape index (κ3) is 8.06. The third-order valence-electron chi connectivity index (χ3n) is 19.2. The highest BCUT2D eigenvalue weighted by molar-refractivity contribution is 7.33. The van der Waals surface area contributed by atoms with Gasteiger partial charge in [0.1, 0.15) is 5.69 Å². The van der Waals surface area contributed by atoms with E-state index < -0.39 is 0 Å². The van der Waals surface area contributed by atoms with Gasteiger partial charge >= 0.3 is 0 Å².